The smallest absolute Gasteiger partial charge is 0.432 e. The Morgan fingerprint density at radius 1 is 1.43 bits per heavy atom. The van der Waals surface area contributed by atoms with Gasteiger partial charge in [0.1, 0.15) is 5.69 Å². The normalized spacial score (nSPS) is 11.3. The maximum absolute atomic E-state index is 12.5. The van der Waals surface area contributed by atoms with Crippen molar-refractivity contribution in [1.29, 1.82) is 0 Å². The average molecular weight is 331 g/mol. The zero-order valence-corrected chi connectivity index (χ0v) is 12.1. The van der Waals surface area contributed by atoms with Crippen LogP contribution in [-0.2, 0) is 17.5 Å². The first-order valence-corrected chi connectivity index (χ1v) is 6.36. The van der Waals surface area contributed by atoms with Gasteiger partial charge in [0.25, 0.3) is 5.91 Å². The van der Waals surface area contributed by atoms with Crippen LogP contribution in [0.5, 0.6) is 0 Å². The second-order valence-corrected chi connectivity index (χ2v) is 4.36. The minimum absolute atomic E-state index is 0.0141. The monoisotopic (exact) mass is 331 g/mol. The molecule has 2 aromatic rings. The molecule has 2 N–H and O–H groups in total. The van der Waals surface area contributed by atoms with Crippen LogP contribution in [0, 0.1) is 0 Å². The Hall–Kier alpha value is -2.85. The number of aromatic nitrogens is 4. The number of H-pyrrole nitrogens is 1. The number of rotatable bonds is 4. The number of amides is 1. The average Bonchev–Trinajstić information content (AvgIpc) is 3.12. The van der Waals surface area contributed by atoms with E-state index in [1.165, 1.54) is 10.9 Å². The molecule has 2 aromatic heterocycles. The van der Waals surface area contributed by atoms with Gasteiger partial charge in [0.15, 0.2) is 11.4 Å². The molecule has 124 valence electrons. The van der Waals surface area contributed by atoms with Gasteiger partial charge in [0, 0.05) is 18.8 Å². The summed E-state index contributed by atoms with van der Waals surface area (Å²) in [6.45, 7) is 2.17. The van der Waals surface area contributed by atoms with Crippen molar-refractivity contribution >= 4 is 17.6 Å². The van der Waals surface area contributed by atoms with Gasteiger partial charge in [-0.15, -0.1) is 0 Å². The number of halogens is 3. The summed E-state index contributed by atoms with van der Waals surface area (Å²) in [5.41, 5.74) is -1.77. The van der Waals surface area contributed by atoms with Crippen LogP contribution in [0.1, 0.15) is 33.6 Å². The Morgan fingerprint density at radius 3 is 2.65 bits per heavy atom. The molecule has 0 aromatic carbocycles. The molecule has 0 radical (unpaired) electrons. The third kappa shape index (κ3) is 3.49. The van der Waals surface area contributed by atoms with Crippen molar-refractivity contribution in [2.45, 2.75) is 19.6 Å². The summed E-state index contributed by atoms with van der Waals surface area (Å²) in [4.78, 5) is 23.6. The predicted molar refractivity (Wildman–Crippen MR) is 70.8 cm³/mol. The van der Waals surface area contributed by atoms with E-state index < -0.39 is 29.4 Å². The molecule has 0 saturated heterocycles. The topological polar surface area (TPSA) is 102 Å². The fraction of sp³-hybridized carbons (Fsp3) is 0.333. The number of nitrogens with zero attached hydrogens (tertiary/aromatic N) is 3. The van der Waals surface area contributed by atoms with Crippen molar-refractivity contribution in [3.05, 3.63) is 29.3 Å². The van der Waals surface area contributed by atoms with Gasteiger partial charge in [-0.1, -0.05) is 0 Å². The van der Waals surface area contributed by atoms with Crippen LogP contribution >= 0.6 is 0 Å². The number of nitrogens with one attached hydrogen (secondary N) is 2. The standard InChI is InChI=1S/C12H12F3N5O3/c1-3-20-5-7(9(19-20)11(22)23-2)16-10(21)6-4-8(18-17-6)12(13,14)15/h4-5H,3H2,1-2H3,(H,16,21)(H,17,18). The van der Waals surface area contributed by atoms with Gasteiger partial charge in [-0.05, 0) is 6.92 Å². The van der Waals surface area contributed by atoms with Crippen LogP contribution < -0.4 is 5.32 Å². The zero-order valence-electron chi connectivity index (χ0n) is 12.1. The van der Waals surface area contributed by atoms with E-state index in [1.807, 2.05) is 0 Å². The lowest BCUT2D eigenvalue weighted by Crippen LogP contribution is -2.15. The fourth-order valence-electron chi connectivity index (χ4n) is 1.69. The van der Waals surface area contributed by atoms with Crippen molar-refractivity contribution in [3.8, 4) is 0 Å². The number of alkyl halides is 3. The number of hydrogen-bond donors (Lipinski definition) is 2. The molecule has 11 heteroatoms. The lowest BCUT2D eigenvalue weighted by molar-refractivity contribution is -0.141. The quantitative estimate of drug-likeness (QED) is 0.830. The Labute approximate surface area is 127 Å². The molecule has 0 spiro atoms. The van der Waals surface area contributed by atoms with Gasteiger partial charge in [-0.3, -0.25) is 14.6 Å². The minimum atomic E-state index is -4.64. The summed E-state index contributed by atoms with van der Waals surface area (Å²) >= 11 is 0. The van der Waals surface area contributed by atoms with E-state index in [1.54, 1.807) is 12.0 Å². The molecule has 2 rings (SSSR count). The Kier molecular flexibility index (Phi) is 4.38. The van der Waals surface area contributed by atoms with E-state index in [0.29, 0.717) is 12.6 Å². The van der Waals surface area contributed by atoms with Crippen molar-refractivity contribution in [1.82, 2.24) is 20.0 Å². The number of hydrogen-bond acceptors (Lipinski definition) is 5. The Morgan fingerprint density at radius 2 is 2.13 bits per heavy atom. The lowest BCUT2D eigenvalue weighted by atomic mass is 10.3. The summed E-state index contributed by atoms with van der Waals surface area (Å²) < 4.78 is 43.3. The number of carbonyl (C=O) groups excluding carboxylic acids is 2. The van der Waals surface area contributed by atoms with Crippen molar-refractivity contribution < 1.29 is 27.5 Å². The highest BCUT2D eigenvalue weighted by Crippen LogP contribution is 2.27. The molecule has 0 aliphatic carbocycles. The highest BCUT2D eigenvalue weighted by atomic mass is 19.4. The molecule has 2 heterocycles. The molecular weight excluding hydrogens is 319 g/mol. The van der Waals surface area contributed by atoms with Gasteiger partial charge in [0.2, 0.25) is 0 Å². The van der Waals surface area contributed by atoms with Gasteiger partial charge in [-0.25, -0.2) is 4.79 Å². The summed E-state index contributed by atoms with van der Waals surface area (Å²) in [5, 5.41) is 11.2. The van der Waals surface area contributed by atoms with Crippen LogP contribution in [0.3, 0.4) is 0 Å². The molecule has 0 bridgehead atoms. The first-order chi connectivity index (χ1) is 10.8. The van der Waals surface area contributed by atoms with E-state index in [-0.39, 0.29) is 11.4 Å². The van der Waals surface area contributed by atoms with E-state index in [9.17, 15) is 22.8 Å². The van der Waals surface area contributed by atoms with E-state index in [2.05, 4.69) is 20.3 Å². The SMILES string of the molecule is CCn1cc(NC(=O)c2cc(C(F)(F)F)[nH]n2)c(C(=O)OC)n1. The maximum Gasteiger partial charge on any atom is 0.432 e. The van der Waals surface area contributed by atoms with E-state index >= 15 is 0 Å². The van der Waals surface area contributed by atoms with Crippen molar-refractivity contribution in [2.24, 2.45) is 0 Å². The van der Waals surface area contributed by atoms with Gasteiger partial charge in [0.05, 0.1) is 12.8 Å². The Balaban J connectivity index is 2.25. The first-order valence-electron chi connectivity index (χ1n) is 6.36. The van der Waals surface area contributed by atoms with Crippen molar-refractivity contribution in [2.75, 3.05) is 12.4 Å². The molecular formula is C12H12F3N5O3. The van der Waals surface area contributed by atoms with Crippen LogP contribution in [-0.4, -0.2) is 39.0 Å². The molecule has 1 amide bonds. The van der Waals surface area contributed by atoms with Crippen LogP contribution in [0.25, 0.3) is 0 Å². The third-order valence-electron chi connectivity index (χ3n) is 2.83. The summed E-state index contributed by atoms with van der Waals surface area (Å²) in [6, 6.07) is 0.567. The summed E-state index contributed by atoms with van der Waals surface area (Å²) in [7, 11) is 1.14. The number of aromatic amines is 1. The zero-order chi connectivity index (χ0) is 17.2. The highest BCUT2D eigenvalue weighted by Gasteiger charge is 2.34. The third-order valence-corrected chi connectivity index (χ3v) is 2.83. The number of ether oxygens (including phenoxy) is 1. The fourth-order valence-corrected chi connectivity index (χ4v) is 1.69. The number of aryl methyl sites for hydroxylation is 1. The number of carbonyl (C=O) groups is 2. The van der Waals surface area contributed by atoms with E-state index in [0.717, 1.165) is 7.11 Å². The second kappa shape index (κ2) is 6.10. The molecule has 0 aliphatic rings. The number of anilines is 1. The molecule has 0 atom stereocenters. The lowest BCUT2D eigenvalue weighted by Gasteiger charge is -2.02. The minimum Gasteiger partial charge on any atom is -0.464 e. The van der Waals surface area contributed by atoms with Crippen LogP contribution in [0.15, 0.2) is 12.3 Å². The predicted octanol–water partition coefficient (Wildman–Crippen LogP) is 1.68. The number of esters is 1. The maximum atomic E-state index is 12.5. The van der Waals surface area contributed by atoms with Gasteiger partial charge < -0.3 is 10.1 Å². The van der Waals surface area contributed by atoms with Crippen LogP contribution in [0.2, 0.25) is 0 Å². The molecule has 0 unspecified atom stereocenters. The molecule has 0 fully saturated rings. The highest BCUT2D eigenvalue weighted by molar-refractivity contribution is 6.06. The molecule has 0 saturated carbocycles. The van der Waals surface area contributed by atoms with Crippen LogP contribution in [0.4, 0.5) is 18.9 Å². The molecule has 23 heavy (non-hydrogen) atoms. The molecule has 0 aliphatic heterocycles. The van der Waals surface area contributed by atoms with Crippen molar-refractivity contribution in [3.63, 3.8) is 0 Å². The largest absolute Gasteiger partial charge is 0.464 e. The van der Waals surface area contributed by atoms with Gasteiger partial charge >= 0.3 is 12.1 Å². The van der Waals surface area contributed by atoms with Gasteiger partial charge in [-0.2, -0.15) is 23.4 Å². The van der Waals surface area contributed by atoms with E-state index in [4.69, 9.17) is 0 Å². The summed E-state index contributed by atoms with van der Waals surface area (Å²) in [5.74, 6) is -1.71. The first kappa shape index (κ1) is 16.5. The Bertz CT molecular complexity index is 735. The molecule has 8 nitrogen and oxygen atoms in total. The number of methoxy groups -OCH3 is 1. The second-order valence-electron chi connectivity index (χ2n) is 4.36. The summed E-state index contributed by atoms with van der Waals surface area (Å²) in [6.07, 6.45) is -3.28.